The number of nitrogens with zero attached hydrogens (tertiary/aromatic N) is 3. The van der Waals surface area contributed by atoms with Gasteiger partial charge in [-0.05, 0) is 18.1 Å². The monoisotopic (exact) mass is 272 g/mol. The van der Waals surface area contributed by atoms with E-state index in [0.29, 0.717) is 12.3 Å². The van der Waals surface area contributed by atoms with Gasteiger partial charge in [-0.25, -0.2) is 4.98 Å². The molecule has 2 aromatic rings. The molecule has 2 unspecified atom stereocenters. The van der Waals surface area contributed by atoms with Crippen molar-refractivity contribution >= 4 is 11.6 Å². The van der Waals surface area contributed by atoms with Gasteiger partial charge < -0.3 is 15.0 Å². The zero-order chi connectivity index (χ0) is 14.3. The predicted molar refractivity (Wildman–Crippen MR) is 77.1 cm³/mol. The van der Waals surface area contributed by atoms with Crippen molar-refractivity contribution in [3.05, 3.63) is 36.3 Å². The second kappa shape index (κ2) is 4.90. The van der Waals surface area contributed by atoms with E-state index in [9.17, 15) is 4.79 Å². The van der Waals surface area contributed by atoms with E-state index in [1.165, 1.54) is 0 Å². The Labute approximate surface area is 118 Å². The summed E-state index contributed by atoms with van der Waals surface area (Å²) in [5.74, 6) is 0.553. The third-order valence-corrected chi connectivity index (χ3v) is 3.72. The van der Waals surface area contributed by atoms with E-state index in [1.54, 1.807) is 0 Å². The largest absolute Gasteiger partial charge is 0.332 e. The minimum absolute atomic E-state index is 0.107. The van der Waals surface area contributed by atoms with E-state index in [-0.39, 0.29) is 18.0 Å². The molecule has 0 bridgehead atoms. The molecule has 1 aliphatic heterocycles. The number of nitrogens with two attached hydrogens (primary N) is 1. The van der Waals surface area contributed by atoms with Crippen molar-refractivity contribution in [1.82, 2.24) is 14.3 Å². The van der Waals surface area contributed by atoms with Gasteiger partial charge in [0.15, 0.2) is 0 Å². The summed E-state index contributed by atoms with van der Waals surface area (Å²) in [5.41, 5.74) is 7.95. The van der Waals surface area contributed by atoms with E-state index in [0.717, 1.165) is 17.9 Å². The number of likely N-dealkylation sites (tertiary alicyclic amines) is 1. The van der Waals surface area contributed by atoms with Gasteiger partial charge in [0.05, 0.1) is 11.7 Å². The molecule has 2 atom stereocenters. The van der Waals surface area contributed by atoms with Gasteiger partial charge in [-0.2, -0.15) is 0 Å². The Morgan fingerprint density at radius 3 is 2.95 bits per heavy atom. The topological polar surface area (TPSA) is 63.6 Å². The van der Waals surface area contributed by atoms with Crippen molar-refractivity contribution < 1.29 is 4.79 Å². The Kier molecular flexibility index (Phi) is 3.22. The van der Waals surface area contributed by atoms with Gasteiger partial charge in [-0.15, -0.1) is 0 Å². The van der Waals surface area contributed by atoms with Gasteiger partial charge in [0.25, 0.3) is 0 Å². The second-order valence-electron chi connectivity index (χ2n) is 5.88. The van der Waals surface area contributed by atoms with Gasteiger partial charge >= 0.3 is 0 Å². The Bertz CT molecular complexity index is 601. The minimum atomic E-state index is -0.175. The molecule has 0 saturated carbocycles. The van der Waals surface area contributed by atoms with Crippen LogP contribution in [0.2, 0.25) is 0 Å². The first-order chi connectivity index (χ1) is 9.56. The molecule has 0 radical (unpaired) electrons. The fraction of sp³-hybridized carbons (Fsp3) is 0.467. The van der Waals surface area contributed by atoms with E-state index in [1.807, 2.05) is 39.9 Å². The molecule has 2 aromatic heterocycles. The lowest BCUT2D eigenvalue weighted by molar-refractivity contribution is -0.129. The van der Waals surface area contributed by atoms with Crippen LogP contribution in [0.15, 0.2) is 30.6 Å². The van der Waals surface area contributed by atoms with Crippen LogP contribution in [0, 0.1) is 5.92 Å². The summed E-state index contributed by atoms with van der Waals surface area (Å²) in [6.45, 7) is 4.95. The molecule has 2 N–H and O–H groups in total. The van der Waals surface area contributed by atoms with Crippen LogP contribution in [0.3, 0.4) is 0 Å². The maximum atomic E-state index is 12.1. The molecule has 1 fully saturated rings. The first-order valence-corrected chi connectivity index (χ1v) is 7.05. The van der Waals surface area contributed by atoms with Crippen LogP contribution in [0.1, 0.15) is 32.0 Å². The molecule has 5 heteroatoms. The summed E-state index contributed by atoms with van der Waals surface area (Å²) in [5, 5.41) is 0. The Morgan fingerprint density at radius 2 is 2.25 bits per heavy atom. The first kappa shape index (κ1) is 13.1. The number of carbonyl (C=O) groups is 1. The molecule has 0 aliphatic carbocycles. The van der Waals surface area contributed by atoms with Crippen LogP contribution in [-0.2, 0) is 4.79 Å². The van der Waals surface area contributed by atoms with Crippen molar-refractivity contribution in [2.24, 2.45) is 11.7 Å². The van der Waals surface area contributed by atoms with E-state index in [2.05, 4.69) is 18.8 Å². The lowest BCUT2D eigenvalue weighted by Crippen LogP contribution is -2.35. The molecular formula is C15H20N4O. The third-order valence-electron chi connectivity index (χ3n) is 3.72. The number of aromatic nitrogens is 2. The zero-order valence-corrected chi connectivity index (χ0v) is 11.9. The standard InChI is InChI=1S/C15H20N4O/c1-10(2)8-19-14(20)7-11(16)15(19)12-9-18-6-4-3-5-13(18)17-12/h3-6,9-11,15H,7-8,16H2,1-2H3. The predicted octanol–water partition coefficient (Wildman–Crippen LogP) is 1.59. The number of hydrogen-bond acceptors (Lipinski definition) is 3. The Balaban J connectivity index is 1.98. The molecular weight excluding hydrogens is 252 g/mol. The lowest BCUT2D eigenvalue weighted by Gasteiger charge is -2.27. The van der Waals surface area contributed by atoms with Gasteiger partial charge in [-0.1, -0.05) is 19.9 Å². The number of carbonyl (C=O) groups excluding carboxylic acids is 1. The summed E-state index contributed by atoms with van der Waals surface area (Å²) < 4.78 is 1.97. The Morgan fingerprint density at radius 1 is 1.45 bits per heavy atom. The highest BCUT2D eigenvalue weighted by Crippen LogP contribution is 2.32. The maximum Gasteiger partial charge on any atom is 0.224 e. The maximum absolute atomic E-state index is 12.1. The summed E-state index contributed by atoms with van der Waals surface area (Å²) in [7, 11) is 0. The van der Waals surface area contributed by atoms with E-state index in [4.69, 9.17) is 5.73 Å². The summed E-state index contributed by atoms with van der Waals surface area (Å²) in [6, 6.07) is 5.59. The van der Waals surface area contributed by atoms with Crippen molar-refractivity contribution in [1.29, 1.82) is 0 Å². The average molecular weight is 272 g/mol. The van der Waals surface area contributed by atoms with E-state index < -0.39 is 0 Å². The third kappa shape index (κ3) is 2.18. The molecule has 0 aromatic carbocycles. The molecule has 1 aliphatic rings. The van der Waals surface area contributed by atoms with Crippen LogP contribution in [0.25, 0.3) is 5.65 Å². The number of imidazole rings is 1. The number of hydrogen-bond donors (Lipinski definition) is 1. The fourth-order valence-electron chi connectivity index (χ4n) is 2.90. The van der Waals surface area contributed by atoms with Crippen LogP contribution >= 0.6 is 0 Å². The highest BCUT2D eigenvalue weighted by Gasteiger charge is 2.40. The molecule has 1 saturated heterocycles. The minimum Gasteiger partial charge on any atom is -0.332 e. The molecule has 1 amide bonds. The Hall–Kier alpha value is -1.88. The summed E-state index contributed by atoms with van der Waals surface area (Å²) >= 11 is 0. The van der Waals surface area contributed by atoms with Crippen molar-refractivity contribution in [2.45, 2.75) is 32.4 Å². The number of fused-ring (bicyclic) bond motifs is 1. The van der Waals surface area contributed by atoms with Crippen molar-refractivity contribution in [2.75, 3.05) is 6.54 Å². The smallest absolute Gasteiger partial charge is 0.224 e. The summed E-state index contributed by atoms with van der Waals surface area (Å²) in [4.78, 5) is 18.6. The molecule has 3 rings (SSSR count). The number of amides is 1. The molecule has 3 heterocycles. The fourth-order valence-corrected chi connectivity index (χ4v) is 2.90. The van der Waals surface area contributed by atoms with Crippen LogP contribution < -0.4 is 5.73 Å². The molecule has 20 heavy (non-hydrogen) atoms. The number of rotatable bonds is 3. The van der Waals surface area contributed by atoms with Crippen LogP contribution in [-0.4, -0.2) is 32.8 Å². The quantitative estimate of drug-likeness (QED) is 0.923. The zero-order valence-electron chi connectivity index (χ0n) is 11.9. The molecule has 106 valence electrons. The highest BCUT2D eigenvalue weighted by molar-refractivity contribution is 5.80. The van der Waals surface area contributed by atoms with Crippen molar-refractivity contribution in [3.8, 4) is 0 Å². The number of pyridine rings is 1. The van der Waals surface area contributed by atoms with Gasteiger partial charge in [-0.3, -0.25) is 4.79 Å². The molecule has 5 nitrogen and oxygen atoms in total. The second-order valence-corrected chi connectivity index (χ2v) is 5.88. The first-order valence-electron chi connectivity index (χ1n) is 7.05. The van der Waals surface area contributed by atoms with E-state index >= 15 is 0 Å². The normalized spacial score (nSPS) is 23.2. The van der Waals surface area contributed by atoms with Crippen molar-refractivity contribution in [3.63, 3.8) is 0 Å². The molecule has 0 spiro atoms. The lowest BCUT2D eigenvalue weighted by atomic mass is 10.1. The van der Waals surface area contributed by atoms with Crippen LogP contribution in [0.4, 0.5) is 0 Å². The summed E-state index contributed by atoms with van der Waals surface area (Å²) in [6.07, 6.45) is 4.35. The SMILES string of the molecule is CC(C)CN1C(=O)CC(N)C1c1cn2ccccc2n1. The van der Waals surface area contributed by atoms with Crippen LogP contribution in [0.5, 0.6) is 0 Å². The highest BCUT2D eigenvalue weighted by atomic mass is 16.2. The van der Waals surface area contributed by atoms with Gasteiger partial charge in [0, 0.05) is 31.4 Å². The van der Waals surface area contributed by atoms with Gasteiger partial charge in [0.1, 0.15) is 5.65 Å². The van der Waals surface area contributed by atoms with Gasteiger partial charge in [0.2, 0.25) is 5.91 Å². The average Bonchev–Trinajstić information content (AvgIpc) is 2.90.